The van der Waals surface area contributed by atoms with Gasteiger partial charge in [-0.25, -0.2) is 0 Å². The van der Waals surface area contributed by atoms with Crippen LogP contribution in [0.25, 0.3) is 0 Å². The Morgan fingerprint density at radius 3 is 2.69 bits per heavy atom. The molecule has 4 heterocycles. The molecule has 5 rings (SSSR count). The molecule has 5 nitrogen and oxygen atoms in total. The van der Waals surface area contributed by atoms with Crippen molar-refractivity contribution in [2.75, 3.05) is 20.2 Å². The molecule has 0 saturated carbocycles. The number of carbonyl (C=O) groups excluding carboxylic acids is 1. The zero-order valence-electron chi connectivity index (χ0n) is 15.1. The Balaban J connectivity index is 1.41. The van der Waals surface area contributed by atoms with Gasteiger partial charge in [-0.3, -0.25) is 9.69 Å². The molecule has 2 aromatic rings. The lowest BCUT2D eigenvalue weighted by Crippen LogP contribution is -2.62. The number of nitrogens with one attached hydrogen (secondary N) is 1. The highest BCUT2D eigenvalue weighted by molar-refractivity contribution is 7.15. The van der Waals surface area contributed by atoms with Crippen LogP contribution < -0.4 is 14.8 Å². The van der Waals surface area contributed by atoms with Gasteiger partial charge >= 0.3 is 0 Å². The van der Waals surface area contributed by atoms with E-state index in [1.54, 1.807) is 7.11 Å². The highest BCUT2D eigenvalue weighted by Gasteiger charge is 2.40. The number of ether oxygens (including phenoxy) is 2. The molecule has 2 unspecified atom stereocenters. The third-order valence-electron chi connectivity index (χ3n) is 5.54. The summed E-state index contributed by atoms with van der Waals surface area (Å²) in [7, 11) is 1.63. The quantitative estimate of drug-likeness (QED) is 0.868. The Hall–Kier alpha value is -2.05. The molecule has 3 aliphatic heterocycles. The van der Waals surface area contributed by atoms with E-state index in [9.17, 15) is 4.79 Å². The van der Waals surface area contributed by atoms with Gasteiger partial charge < -0.3 is 14.8 Å². The average molecular weight is 372 g/mol. The van der Waals surface area contributed by atoms with Crippen LogP contribution in [0.5, 0.6) is 16.6 Å². The summed E-state index contributed by atoms with van der Waals surface area (Å²) in [5.74, 6) is 2.05. The minimum absolute atomic E-state index is 0.00101. The van der Waals surface area contributed by atoms with Gasteiger partial charge in [0, 0.05) is 18.2 Å². The highest BCUT2D eigenvalue weighted by Crippen LogP contribution is 2.34. The lowest BCUT2D eigenvalue weighted by molar-refractivity contribution is 0.0218. The number of amides is 1. The van der Waals surface area contributed by atoms with Crippen LogP contribution in [0.1, 0.15) is 29.4 Å². The first-order valence-corrected chi connectivity index (χ1v) is 9.92. The van der Waals surface area contributed by atoms with E-state index < -0.39 is 0 Å². The predicted octanol–water partition coefficient (Wildman–Crippen LogP) is 3.76. The molecule has 3 fully saturated rings. The monoisotopic (exact) mass is 372 g/mol. The van der Waals surface area contributed by atoms with Gasteiger partial charge in [-0.15, -0.1) is 0 Å². The fourth-order valence-corrected chi connectivity index (χ4v) is 4.82. The molecule has 3 aliphatic rings. The zero-order valence-corrected chi connectivity index (χ0v) is 15.9. The first-order valence-electron chi connectivity index (χ1n) is 9.10. The molecule has 1 N–H and O–H groups in total. The standard InChI is InChI=1S/C20H24N2O3S/c1-13-19(14-8-10-22(13)11-9-14)21-20(23)17-6-7-18(26-17)25-16-5-3-4-15(12-16)24-2/h3-7,12-14,19H,8-11H2,1-2H3,(H,21,23). The van der Waals surface area contributed by atoms with E-state index in [4.69, 9.17) is 9.47 Å². The minimum atomic E-state index is 0.00101. The second-order valence-corrected chi connectivity index (χ2v) is 8.06. The van der Waals surface area contributed by atoms with Crippen molar-refractivity contribution in [1.82, 2.24) is 10.2 Å². The van der Waals surface area contributed by atoms with Crippen LogP contribution in [0.3, 0.4) is 0 Å². The van der Waals surface area contributed by atoms with E-state index in [2.05, 4.69) is 17.1 Å². The highest BCUT2D eigenvalue weighted by atomic mass is 32.1. The molecule has 3 saturated heterocycles. The van der Waals surface area contributed by atoms with E-state index in [0.717, 1.165) is 18.8 Å². The average Bonchev–Trinajstić information content (AvgIpc) is 3.13. The largest absolute Gasteiger partial charge is 0.497 e. The molecule has 0 aliphatic carbocycles. The van der Waals surface area contributed by atoms with Crippen molar-refractivity contribution in [3.05, 3.63) is 41.3 Å². The Morgan fingerprint density at radius 1 is 1.19 bits per heavy atom. The van der Waals surface area contributed by atoms with Crippen molar-refractivity contribution in [2.45, 2.75) is 31.8 Å². The van der Waals surface area contributed by atoms with Gasteiger partial charge in [0.2, 0.25) is 0 Å². The molecule has 2 atom stereocenters. The fraction of sp³-hybridized carbons (Fsp3) is 0.450. The van der Waals surface area contributed by atoms with E-state index in [1.165, 1.54) is 24.2 Å². The van der Waals surface area contributed by atoms with E-state index in [-0.39, 0.29) is 11.9 Å². The van der Waals surface area contributed by atoms with Crippen LogP contribution in [0.4, 0.5) is 0 Å². The maximum absolute atomic E-state index is 12.7. The number of hydrogen-bond acceptors (Lipinski definition) is 5. The van der Waals surface area contributed by atoms with Crippen molar-refractivity contribution in [3.63, 3.8) is 0 Å². The zero-order chi connectivity index (χ0) is 18.1. The smallest absolute Gasteiger partial charge is 0.261 e. The number of nitrogens with zero attached hydrogens (tertiary/aromatic N) is 1. The van der Waals surface area contributed by atoms with E-state index in [0.29, 0.717) is 27.6 Å². The van der Waals surface area contributed by atoms with Crippen molar-refractivity contribution < 1.29 is 14.3 Å². The Labute approximate surface area is 157 Å². The summed E-state index contributed by atoms with van der Waals surface area (Å²) in [6.07, 6.45) is 2.37. The third kappa shape index (κ3) is 3.44. The van der Waals surface area contributed by atoms with Crippen LogP contribution in [-0.4, -0.2) is 43.1 Å². The second-order valence-electron chi connectivity index (χ2n) is 7.01. The maximum atomic E-state index is 12.7. The van der Waals surface area contributed by atoms with Crippen LogP contribution in [0, 0.1) is 5.92 Å². The normalized spacial score (nSPS) is 27.2. The molecule has 0 radical (unpaired) electrons. The molecule has 26 heavy (non-hydrogen) atoms. The molecule has 1 aromatic heterocycles. The van der Waals surface area contributed by atoms with Gasteiger partial charge in [-0.2, -0.15) is 0 Å². The lowest BCUT2D eigenvalue weighted by Gasteiger charge is -2.49. The second kappa shape index (κ2) is 7.29. The summed E-state index contributed by atoms with van der Waals surface area (Å²) >= 11 is 1.37. The molecule has 1 amide bonds. The summed E-state index contributed by atoms with van der Waals surface area (Å²) in [5.41, 5.74) is 0. The number of thiophene rings is 1. The van der Waals surface area contributed by atoms with Crippen LogP contribution in [-0.2, 0) is 0 Å². The number of rotatable bonds is 5. The maximum Gasteiger partial charge on any atom is 0.261 e. The van der Waals surface area contributed by atoms with Gasteiger partial charge in [0.15, 0.2) is 5.06 Å². The summed E-state index contributed by atoms with van der Waals surface area (Å²) in [6, 6.07) is 11.8. The Kier molecular flexibility index (Phi) is 4.87. The van der Waals surface area contributed by atoms with Crippen LogP contribution in [0.2, 0.25) is 0 Å². The first kappa shape index (κ1) is 17.4. The van der Waals surface area contributed by atoms with E-state index in [1.807, 2.05) is 36.4 Å². The van der Waals surface area contributed by atoms with Crippen molar-refractivity contribution in [1.29, 1.82) is 0 Å². The SMILES string of the molecule is COc1cccc(Oc2ccc(C(=O)NC3C4CCN(CC4)C3C)s2)c1. The Bertz CT molecular complexity index is 781. The van der Waals surface area contributed by atoms with Gasteiger partial charge in [-0.1, -0.05) is 17.4 Å². The van der Waals surface area contributed by atoms with Crippen LogP contribution >= 0.6 is 11.3 Å². The summed E-state index contributed by atoms with van der Waals surface area (Å²) in [4.78, 5) is 15.9. The van der Waals surface area contributed by atoms with Crippen molar-refractivity contribution in [3.8, 4) is 16.6 Å². The third-order valence-corrected chi connectivity index (χ3v) is 6.50. The fourth-order valence-electron chi connectivity index (χ4n) is 4.05. The molecule has 2 bridgehead atoms. The molecular weight excluding hydrogens is 348 g/mol. The van der Waals surface area contributed by atoms with Gasteiger partial charge in [0.25, 0.3) is 5.91 Å². The van der Waals surface area contributed by atoms with Gasteiger partial charge in [0.05, 0.1) is 12.0 Å². The van der Waals surface area contributed by atoms with Gasteiger partial charge in [-0.05, 0) is 63.0 Å². The summed E-state index contributed by atoms with van der Waals surface area (Å²) in [6.45, 7) is 4.55. The Morgan fingerprint density at radius 2 is 1.96 bits per heavy atom. The lowest BCUT2D eigenvalue weighted by atomic mass is 9.79. The van der Waals surface area contributed by atoms with E-state index >= 15 is 0 Å². The molecule has 6 heteroatoms. The summed E-state index contributed by atoms with van der Waals surface area (Å²) < 4.78 is 11.1. The number of fused-ring (bicyclic) bond motifs is 3. The number of piperidine rings is 3. The number of methoxy groups -OCH3 is 1. The number of hydrogen-bond donors (Lipinski definition) is 1. The predicted molar refractivity (Wildman–Crippen MR) is 102 cm³/mol. The van der Waals surface area contributed by atoms with Gasteiger partial charge in [0.1, 0.15) is 11.5 Å². The minimum Gasteiger partial charge on any atom is -0.497 e. The molecule has 1 aromatic carbocycles. The number of carbonyl (C=O) groups is 1. The summed E-state index contributed by atoms with van der Waals surface area (Å²) in [5, 5.41) is 3.97. The van der Waals surface area contributed by atoms with Crippen molar-refractivity contribution in [2.24, 2.45) is 5.92 Å². The molecule has 138 valence electrons. The first-order chi connectivity index (χ1) is 12.6. The molecule has 0 spiro atoms. The topological polar surface area (TPSA) is 50.8 Å². The number of benzene rings is 1. The molecular formula is C20H24N2O3S. The van der Waals surface area contributed by atoms with Crippen molar-refractivity contribution >= 4 is 17.2 Å². The van der Waals surface area contributed by atoms with Crippen LogP contribution in [0.15, 0.2) is 36.4 Å².